The Morgan fingerprint density at radius 3 is 2.17 bits per heavy atom. The van der Waals surface area contributed by atoms with Gasteiger partial charge in [-0.3, -0.25) is 14.5 Å². The first kappa shape index (κ1) is 21.7. The number of carbonyl (C=O) groups excluding carboxylic acids is 2. The van der Waals surface area contributed by atoms with E-state index < -0.39 is 10.0 Å². The second-order valence-electron chi connectivity index (χ2n) is 8.11. The van der Waals surface area contributed by atoms with Crippen LogP contribution in [0, 0.1) is 11.8 Å². The maximum absolute atomic E-state index is 12.8. The smallest absolute Gasteiger partial charge is 0.243 e. The van der Waals surface area contributed by atoms with Crippen LogP contribution in [0.3, 0.4) is 0 Å². The van der Waals surface area contributed by atoms with Crippen molar-refractivity contribution in [3.8, 4) is 0 Å². The lowest BCUT2D eigenvalue weighted by atomic mass is 9.96. The van der Waals surface area contributed by atoms with Gasteiger partial charge < -0.3 is 11.1 Å². The van der Waals surface area contributed by atoms with E-state index >= 15 is 0 Å². The number of benzene rings is 1. The Morgan fingerprint density at radius 2 is 1.62 bits per heavy atom. The summed E-state index contributed by atoms with van der Waals surface area (Å²) < 4.78 is 27.1. The molecule has 1 aromatic carbocycles. The quantitative estimate of drug-likeness (QED) is 0.716. The first-order valence-electron chi connectivity index (χ1n) is 10.2. The molecule has 2 aliphatic rings. The lowest BCUT2D eigenvalue weighted by molar-refractivity contribution is -0.123. The average Bonchev–Trinajstić information content (AvgIpc) is 2.69. The summed E-state index contributed by atoms with van der Waals surface area (Å²) in [6.45, 7) is 4.79. The number of nitrogens with zero attached hydrogens (tertiary/aromatic N) is 2. The van der Waals surface area contributed by atoms with Gasteiger partial charge in [0.25, 0.3) is 0 Å². The predicted molar refractivity (Wildman–Crippen MR) is 111 cm³/mol. The number of primary amides is 1. The molecule has 1 aromatic rings. The summed E-state index contributed by atoms with van der Waals surface area (Å²) >= 11 is 0. The van der Waals surface area contributed by atoms with E-state index in [1.807, 2.05) is 4.90 Å². The third-order valence-corrected chi connectivity index (χ3v) is 7.79. The van der Waals surface area contributed by atoms with Crippen LogP contribution in [-0.4, -0.2) is 62.2 Å². The van der Waals surface area contributed by atoms with Crippen molar-refractivity contribution in [2.45, 2.75) is 37.5 Å². The number of nitrogens with one attached hydrogen (secondary N) is 1. The molecule has 2 amide bonds. The zero-order valence-electron chi connectivity index (χ0n) is 16.8. The number of amides is 2. The van der Waals surface area contributed by atoms with Gasteiger partial charge in [-0.15, -0.1) is 0 Å². The molecular formula is C20H30N4O4S. The summed E-state index contributed by atoms with van der Waals surface area (Å²) in [7, 11) is -3.49. The van der Waals surface area contributed by atoms with Gasteiger partial charge in [0.05, 0.1) is 11.4 Å². The number of anilines is 1. The van der Waals surface area contributed by atoms with Gasteiger partial charge in [0.15, 0.2) is 0 Å². The van der Waals surface area contributed by atoms with E-state index in [0.29, 0.717) is 50.6 Å². The Kier molecular flexibility index (Phi) is 6.92. The van der Waals surface area contributed by atoms with Gasteiger partial charge >= 0.3 is 0 Å². The van der Waals surface area contributed by atoms with Gasteiger partial charge in [0.2, 0.25) is 21.8 Å². The van der Waals surface area contributed by atoms with E-state index in [9.17, 15) is 18.0 Å². The number of hydrogen-bond acceptors (Lipinski definition) is 5. The minimum atomic E-state index is -3.49. The summed E-state index contributed by atoms with van der Waals surface area (Å²) in [4.78, 5) is 25.7. The number of likely N-dealkylation sites (tertiary alicyclic amines) is 1. The van der Waals surface area contributed by atoms with Crippen LogP contribution >= 0.6 is 0 Å². The van der Waals surface area contributed by atoms with E-state index in [0.717, 1.165) is 12.8 Å². The molecule has 0 spiro atoms. The second kappa shape index (κ2) is 9.23. The van der Waals surface area contributed by atoms with Crippen LogP contribution in [0.1, 0.15) is 32.6 Å². The molecule has 160 valence electrons. The van der Waals surface area contributed by atoms with Crippen molar-refractivity contribution in [1.82, 2.24) is 9.21 Å². The summed E-state index contributed by atoms with van der Waals surface area (Å²) in [5.74, 6) is 0.0129. The molecule has 2 fully saturated rings. The molecule has 8 nitrogen and oxygen atoms in total. The minimum Gasteiger partial charge on any atom is -0.369 e. The van der Waals surface area contributed by atoms with Crippen LogP contribution in [0.5, 0.6) is 0 Å². The van der Waals surface area contributed by atoms with Crippen LogP contribution in [-0.2, 0) is 19.6 Å². The van der Waals surface area contributed by atoms with Gasteiger partial charge in [0, 0.05) is 24.7 Å². The maximum Gasteiger partial charge on any atom is 0.243 e. The molecule has 0 saturated carbocycles. The molecule has 2 saturated heterocycles. The highest BCUT2D eigenvalue weighted by Crippen LogP contribution is 2.24. The van der Waals surface area contributed by atoms with E-state index in [2.05, 4.69) is 12.2 Å². The van der Waals surface area contributed by atoms with Crippen molar-refractivity contribution in [2.24, 2.45) is 17.6 Å². The molecule has 0 unspecified atom stereocenters. The van der Waals surface area contributed by atoms with Crippen LogP contribution in [0.4, 0.5) is 5.69 Å². The molecule has 0 radical (unpaired) electrons. The summed E-state index contributed by atoms with van der Waals surface area (Å²) in [6.07, 6.45) is 3.10. The molecule has 2 heterocycles. The first-order chi connectivity index (χ1) is 13.8. The first-order valence-corrected chi connectivity index (χ1v) is 11.6. The van der Waals surface area contributed by atoms with Crippen LogP contribution in [0.2, 0.25) is 0 Å². The highest BCUT2D eigenvalue weighted by atomic mass is 32.2. The Bertz CT molecular complexity index is 825. The van der Waals surface area contributed by atoms with E-state index in [4.69, 9.17) is 5.73 Å². The standard InChI is InChI=1S/C20H30N4O4S/c1-15-6-12-24(13-7-15)29(27,28)18-4-2-17(3-5-18)22-19(25)14-23-10-8-16(9-11-23)20(21)26/h2-5,15-16H,6-14H2,1H3,(H2,21,26)(H,22,25). The van der Waals surface area contributed by atoms with Crippen molar-refractivity contribution < 1.29 is 18.0 Å². The number of piperidine rings is 2. The van der Waals surface area contributed by atoms with Crippen molar-refractivity contribution in [3.05, 3.63) is 24.3 Å². The normalized spacial score (nSPS) is 20.4. The lowest BCUT2D eigenvalue weighted by Gasteiger charge is -2.30. The van der Waals surface area contributed by atoms with Crippen molar-refractivity contribution >= 4 is 27.5 Å². The molecular weight excluding hydrogens is 392 g/mol. The third kappa shape index (κ3) is 5.55. The zero-order chi connectivity index (χ0) is 21.0. The largest absolute Gasteiger partial charge is 0.369 e. The van der Waals surface area contributed by atoms with Gasteiger partial charge in [-0.1, -0.05) is 6.92 Å². The Labute approximate surface area is 172 Å². The summed E-state index contributed by atoms with van der Waals surface area (Å²) in [5.41, 5.74) is 5.89. The van der Waals surface area contributed by atoms with Gasteiger partial charge in [-0.25, -0.2) is 8.42 Å². The summed E-state index contributed by atoms with van der Waals surface area (Å²) in [6, 6.07) is 6.33. The molecule has 3 rings (SSSR count). The minimum absolute atomic E-state index is 0.105. The number of hydrogen-bond donors (Lipinski definition) is 2. The number of nitrogens with two attached hydrogens (primary N) is 1. The lowest BCUT2D eigenvalue weighted by Crippen LogP contribution is -2.42. The summed E-state index contributed by atoms with van der Waals surface area (Å²) in [5, 5.41) is 2.81. The van der Waals surface area contributed by atoms with Crippen LogP contribution < -0.4 is 11.1 Å². The van der Waals surface area contributed by atoms with Crippen molar-refractivity contribution in [2.75, 3.05) is 38.0 Å². The topological polar surface area (TPSA) is 113 Å². The Hall–Kier alpha value is -1.97. The van der Waals surface area contributed by atoms with Gasteiger partial charge in [-0.05, 0) is 69.0 Å². The Balaban J connectivity index is 1.52. The number of sulfonamides is 1. The zero-order valence-corrected chi connectivity index (χ0v) is 17.7. The van der Waals surface area contributed by atoms with Gasteiger partial charge in [-0.2, -0.15) is 4.31 Å². The Morgan fingerprint density at radius 1 is 1.03 bits per heavy atom. The molecule has 0 aliphatic carbocycles. The van der Waals surface area contributed by atoms with Crippen molar-refractivity contribution in [1.29, 1.82) is 0 Å². The predicted octanol–water partition coefficient (Wildman–Crippen LogP) is 1.24. The molecule has 29 heavy (non-hydrogen) atoms. The molecule has 2 aliphatic heterocycles. The van der Waals surface area contributed by atoms with Crippen molar-refractivity contribution in [3.63, 3.8) is 0 Å². The molecule has 0 aromatic heterocycles. The van der Waals surface area contributed by atoms with Crippen LogP contribution in [0.25, 0.3) is 0 Å². The fourth-order valence-electron chi connectivity index (χ4n) is 3.86. The van der Waals surface area contributed by atoms with E-state index in [1.165, 1.54) is 4.31 Å². The molecule has 9 heteroatoms. The van der Waals surface area contributed by atoms with Gasteiger partial charge in [0.1, 0.15) is 0 Å². The SMILES string of the molecule is CC1CCN(S(=O)(=O)c2ccc(NC(=O)CN3CCC(C(N)=O)CC3)cc2)CC1. The molecule has 3 N–H and O–H groups in total. The molecule has 0 bridgehead atoms. The average molecular weight is 423 g/mol. The monoisotopic (exact) mass is 422 g/mol. The van der Waals surface area contributed by atoms with E-state index in [-0.39, 0.29) is 29.2 Å². The maximum atomic E-state index is 12.8. The highest BCUT2D eigenvalue weighted by Gasteiger charge is 2.28. The number of rotatable bonds is 6. The third-order valence-electron chi connectivity index (χ3n) is 5.88. The van der Waals surface area contributed by atoms with E-state index in [1.54, 1.807) is 24.3 Å². The fourth-order valence-corrected chi connectivity index (χ4v) is 5.33. The number of carbonyl (C=O) groups is 2. The fraction of sp³-hybridized carbons (Fsp3) is 0.600. The second-order valence-corrected chi connectivity index (χ2v) is 10.0. The highest BCUT2D eigenvalue weighted by molar-refractivity contribution is 7.89. The van der Waals surface area contributed by atoms with Crippen LogP contribution in [0.15, 0.2) is 29.2 Å². The molecule has 0 atom stereocenters.